The van der Waals surface area contributed by atoms with E-state index in [0.29, 0.717) is 11.5 Å². The average molecular weight is 473 g/mol. The van der Waals surface area contributed by atoms with Crippen LogP contribution in [0.2, 0.25) is 0 Å². The van der Waals surface area contributed by atoms with E-state index in [2.05, 4.69) is 0 Å². The first-order valence-electron chi connectivity index (χ1n) is 11.1. The van der Waals surface area contributed by atoms with Gasteiger partial charge in [-0.25, -0.2) is 4.79 Å². The predicted octanol–water partition coefficient (Wildman–Crippen LogP) is 3.66. The Bertz CT molecular complexity index is 937. The third-order valence-corrected chi connectivity index (χ3v) is 5.32. The van der Waals surface area contributed by atoms with Crippen molar-refractivity contribution in [2.75, 3.05) is 114 Å². The van der Waals surface area contributed by atoms with E-state index in [1.54, 1.807) is 12.1 Å². The Morgan fingerprint density at radius 1 is 0.471 bits per heavy atom. The molecule has 0 saturated carbocycles. The molecule has 0 radical (unpaired) electrons. The van der Waals surface area contributed by atoms with Gasteiger partial charge < -0.3 is 38.9 Å². The highest BCUT2D eigenvalue weighted by Gasteiger charge is 2.24. The summed E-state index contributed by atoms with van der Waals surface area (Å²) >= 11 is 0. The second-order valence-corrected chi connectivity index (χ2v) is 9.38. The quantitative estimate of drug-likeness (QED) is 0.423. The number of anilines is 6. The van der Waals surface area contributed by atoms with Crippen molar-refractivity contribution < 1.29 is 14.3 Å². The minimum Gasteiger partial charge on any atom is -0.392 e. The molecule has 188 valence electrons. The smallest absolute Gasteiger partial charge is 0.392 e. The second-order valence-electron chi connectivity index (χ2n) is 9.38. The van der Waals surface area contributed by atoms with E-state index in [1.807, 2.05) is 126 Å². The largest absolute Gasteiger partial charge is 0.519 e. The molecule has 0 aliphatic rings. The van der Waals surface area contributed by atoms with Crippen LogP contribution in [0.25, 0.3) is 0 Å². The highest BCUT2D eigenvalue weighted by Crippen LogP contribution is 2.45. The SMILES string of the molecule is CN(C)c1ccc(OC(=O)Oc2ccc(N(C)C)c(N(C)C)c2N(C)C)c(N(C)C)c1N(C)C. The molecule has 0 fully saturated rings. The fourth-order valence-electron chi connectivity index (χ4n) is 3.93. The lowest BCUT2D eigenvalue weighted by Gasteiger charge is -2.30. The molecule has 2 aromatic rings. The van der Waals surface area contributed by atoms with Crippen LogP contribution in [0.1, 0.15) is 0 Å². The van der Waals surface area contributed by atoms with Gasteiger partial charge in [-0.05, 0) is 24.3 Å². The van der Waals surface area contributed by atoms with Gasteiger partial charge in [0.25, 0.3) is 0 Å². The topological polar surface area (TPSA) is 55.0 Å². The molecule has 0 atom stereocenters. The van der Waals surface area contributed by atoms with Crippen LogP contribution >= 0.6 is 0 Å². The van der Waals surface area contributed by atoms with Crippen LogP contribution in [0.4, 0.5) is 38.9 Å². The van der Waals surface area contributed by atoms with Crippen molar-refractivity contribution in [2.45, 2.75) is 0 Å². The van der Waals surface area contributed by atoms with Crippen LogP contribution in [0, 0.1) is 0 Å². The van der Waals surface area contributed by atoms with Crippen LogP contribution in [-0.4, -0.2) is 90.7 Å². The van der Waals surface area contributed by atoms with Crippen molar-refractivity contribution in [2.24, 2.45) is 0 Å². The van der Waals surface area contributed by atoms with Crippen molar-refractivity contribution in [3.05, 3.63) is 24.3 Å². The first kappa shape index (κ1) is 26.8. The molecule has 0 N–H and O–H groups in total. The summed E-state index contributed by atoms with van der Waals surface area (Å²) in [4.78, 5) is 25.0. The maximum absolute atomic E-state index is 13.0. The van der Waals surface area contributed by atoms with Gasteiger partial charge in [-0.3, -0.25) is 0 Å². The summed E-state index contributed by atoms with van der Waals surface area (Å²) < 4.78 is 11.5. The average Bonchev–Trinajstić information content (AvgIpc) is 2.71. The molecular formula is C25H40N6O3. The molecule has 9 nitrogen and oxygen atoms in total. The van der Waals surface area contributed by atoms with E-state index in [-0.39, 0.29) is 0 Å². The first-order valence-corrected chi connectivity index (χ1v) is 11.1. The first-order chi connectivity index (χ1) is 15.8. The Morgan fingerprint density at radius 3 is 1.00 bits per heavy atom. The lowest BCUT2D eigenvalue weighted by Crippen LogP contribution is -2.24. The Kier molecular flexibility index (Phi) is 8.36. The summed E-state index contributed by atoms with van der Waals surface area (Å²) in [5.41, 5.74) is 5.49. The molecule has 0 unspecified atom stereocenters. The number of carbonyl (C=O) groups excluding carboxylic acids is 1. The molecule has 2 aromatic carbocycles. The van der Waals surface area contributed by atoms with E-state index in [1.165, 1.54) is 0 Å². The van der Waals surface area contributed by atoms with Crippen molar-refractivity contribution in [1.29, 1.82) is 0 Å². The minimum atomic E-state index is -0.796. The van der Waals surface area contributed by atoms with E-state index < -0.39 is 6.16 Å². The summed E-state index contributed by atoms with van der Waals surface area (Å²) in [6.07, 6.45) is -0.796. The van der Waals surface area contributed by atoms with Crippen LogP contribution < -0.4 is 38.9 Å². The molecule has 0 saturated heterocycles. The maximum atomic E-state index is 13.0. The van der Waals surface area contributed by atoms with Gasteiger partial charge in [-0.1, -0.05) is 0 Å². The highest BCUT2D eigenvalue weighted by molar-refractivity contribution is 5.91. The molecule has 0 aliphatic carbocycles. The highest BCUT2D eigenvalue weighted by atomic mass is 16.7. The van der Waals surface area contributed by atoms with E-state index in [0.717, 1.165) is 34.1 Å². The number of rotatable bonds is 8. The van der Waals surface area contributed by atoms with Crippen LogP contribution in [-0.2, 0) is 0 Å². The maximum Gasteiger partial charge on any atom is 0.519 e. The Hall–Kier alpha value is -3.49. The number of nitrogens with zero attached hydrogens (tertiary/aromatic N) is 6. The zero-order chi connectivity index (χ0) is 25.9. The molecular weight excluding hydrogens is 432 g/mol. The number of hydrogen-bond donors (Lipinski definition) is 0. The molecule has 0 amide bonds. The fourth-order valence-corrected chi connectivity index (χ4v) is 3.93. The second kappa shape index (κ2) is 10.6. The molecule has 0 bridgehead atoms. The summed E-state index contributed by atoms with van der Waals surface area (Å²) in [7, 11) is 23.5. The van der Waals surface area contributed by atoms with Crippen LogP contribution in [0.15, 0.2) is 24.3 Å². The monoisotopic (exact) mass is 472 g/mol. The van der Waals surface area contributed by atoms with Gasteiger partial charge in [-0.2, -0.15) is 0 Å². The number of hydrogen-bond acceptors (Lipinski definition) is 9. The third kappa shape index (κ3) is 5.52. The van der Waals surface area contributed by atoms with Crippen LogP contribution in [0.5, 0.6) is 11.5 Å². The lowest BCUT2D eigenvalue weighted by molar-refractivity contribution is 0.152. The van der Waals surface area contributed by atoms with E-state index in [9.17, 15) is 4.79 Å². The standard InChI is InChI=1S/C25H40N6O3/c1-26(2)17-13-15-19(23(30(9)10)21(17)28(5)6)33-25(32)34-20-16-14-18(27(3)4)22(29(7)8)24(20)31(11)12/h13-16H,1-12H3. The Morgan fingerprint density at radius 2 is 0.765 bits per heavy atom. The molecule has 0 heterocycles. The van der Waals surface area contributed by atoms with E-state index in [4.69, 9.17) is 9.47 Å². The van der Waals surface area contributed by atoms with Gasteiger partial charge in [0, 0.05) is 84.6 Å². The zero-order valence-corrected chi connectivity index (χ0v) is 22.7. The normalized spacial score (nSPS) is 10.5. The van der Waals surface area contributed by atoms with Gasteiger partial charge in [0.05, 0.1) is 22.7 Å². The van der Waals surface area contributed by atoms with Gasteiger partial charge >= 0.3 is 6.16 Å². The molecule has 0 aromatic heterocycles. The van der Waals surface area contributed by atoms with Gasteiger partial charge in [0.15, 0.2) is 11.5 Å². The van der Waals surface area contributed by atoms with Crippen molar-refractivity contribution in [3.8, 4) is 11.5 Å². The third-order valence-electron chi connectivity index (χ3n) is 5.32. The van der Waals surface area contributed by atoms with Gasteiger partial charge in [-0.15, -0.1) is 0 Å². The molecule has 0 spiro atoms. The minimum absolute atomic E-state index is 0.424. The Labute approximate surface area is 204 Å². The summed E-state index contributed by atoms with van der Waals surface area (Å²) in [5, 5.41) is 0. The lowest BCUT2D eigenvalue weighted by atomic mass is 10.1. The number of ether oxygens (including phenoxy) is 2. The molecule has 0 aliphatic heterocycles. The van der Waals surface area contributed by atoms with Gasteiger partial charge in [0.1, 0.15) is 11.4 Å². The molecule has 9 heteroatoms. The van der Waals surface area contributed by atoms with Crippen molar-refractivity contribution in [1.82, 2.24) is 0 Å². The van der Waals surface area contributed by atoms with Crippen molar-refractivity contribution in [3.63, 3.8) is 0 Å². The number of benzene rings is 2. The van der Waals surface area contributed by atoms with Crippen LogP contribution in [0.3, 0.4) is 0 Å². The molecule has 34 heavy (non-hydrogen) atoms. The summed E-state index contributed by atoms with van der Waals surface area (Å²) in [6.45, 7) is 0. The molecule has 2 rings (SSSR count). The fraction of sp³-hybridized carbons (Fsp3) is 0.480. The van der Waals surface area contributed by atoms with E-state index >= 15 is 0 Å². The number of carbonyl (C=O) groups is 1. The predicted molar refractivity (Wildman–Crippen MR) is 145 cm³/mol. The summed E-state index contributed by atoms with van der Waals surface area (Å²) in [6, 6.07) is 7.47. The zero-order valence-electron chi connectivity index (χ0n) is 22.7. The van der Waals surface area contributed by atoms with Crippen molar-refractivity contribution >= 4 is 40.3 Å². The van der Waals surface area contributed by atoms with Gasteiger partial charge in [0.2, 0.25) is 0 Å². The Balaban J connectivity index is 2.51. The summed E-state index contributed by atoms with van der Waals surface area (Å²) in [5.74, 6) is 0.849.